The molecule has 18 heavy (non-hydrogen) atoms. The summed E-state index contributed by atoms with van der Waals surface area (Å²) in [5.41, 5.74) is 1.47. The number of hydrogen-bond donors (Lipinski definition) is 1. The molecule has 0 unspecified atom stereocenters. The molecular formula is C15H24N2S. The molecule has 1 aliphatic carbocycles. The molecule has 1 aromatic rings. The van der Waals surface area contributed by atoms with Gasteiger partial charge >= 0.3 is 0 Å². The number of thioether (sulfide) groups is 1. The van der Waals surface area contributed by atoms with Crippen LogP contribution in [0.4, 0.5) is 5.82 Å². The highest BCUT2D eigenvalue weighted by molar-refractivity contribution is 8.00. The van der Waals surface area contributed by atoms with E-state index in [1.807, 2.05) is 18.0 Å². The van der Waals surface area contributed by atoms with Gasteiger partial charge in [0.15, 0.2) is 0 Å². The zero-order valence-corrected chi connectivity index (χ0v) is 12.7. The topological polar surface area (TPSA) is 24.9 Å². The van der Waals surface area contributed by atoms with E-state index >= 15 is 0 Å². The average Bonchev–Trinajstić information content (AvgIpc) is 2.28. The van der Waals surface area contributed by atoms with E-state index in [4.69, 9.17) is 0 Å². The Bertz CT molecular complexity index is 382. The van der Waals surface area contributed by atoms with Crippen LogP contribution in [0.1, 0.15) is 45.6 Å². The highest BCUT2D eigenvalue weighted by Crippen LogP contribution is 2.42. The average molecular weight is 264 g/mol. The first kappa shape index (κ1) is 13.7. The first-order valence-corrected chi connectivity index (χ1v) is 7.93. The van der Waals surface area contributed by atoms with E-state index in [-0.39, 0.29) is 5.41 Å². The third kappa shape index (κ3) is 3.00. The number of rotatable bonds is 4. The number of anilines is 1. The Morgan fingerprint density at radius 1 is 1.33 bits per heavy atom. The minimum Gasteiger partial charge on any atom is -0.369 e. The van der Waals surface area contributed by atoms with Crippen LogP contribution in [0.2, 0.25) is 0 Å². The summed E-state index contributed by atoms with van der Waals surface area (Å²) in [5.74, 6) is 1.00. The van der Waals surface area contributed by atoms with Crippen molar-refractivity contribution in [2.75, 3.05) is 18.1 Å². The van der Waals surface area contributed by atoms with Crippen LogP contribution in [0.3, 0.4) is 0 Å². The lowest BCUT2D eigenvalue weighted by Gasteiger charge is -2.40. The van der Waals surface area contributed by atoms with Crippen molar-refractivity contribution in [1.82, 2.24) is 4.98 Å². The van der Waals surface area contributed by atoms with Crippen LogP contribution < -0.4 is 5.32 Å². The summed E-state index contributed by atoms with van der Waals surface area (Å²) < 4.78 is 0.463. The fourth-order valence-electron chi connectivity index (χ4n) is 2.22. The molecule has 3 heteroatoms. The van der Waals surface area contributed by atoms with Crippen molar-refractivity contribution in [3.05, 3.63) is 23.9 Å². The highest BCUT2D eigenvalue weighted by Gasteiger charge is 2.35. The molecule has 0 bridgehead atoms. The number of nitrogens with zero attached hydrogens (tertiary/aromatic N) is 1. The summed E-state index contributed by atoms with van der Waals surface area (Å²) in [6.07, 6.45) is 8.26. The molecule has 0 amide bonds. The molecule has 0 aromatic carbocycles. The minimum absolute atomic E-state index is 0.181. The van der Waals surface area contributed by atoms with Crippen LogP contribution in [-0.2, 0) is 5.41 Å². The predicted molar refractivity (Wildman–Crippen MR) is 81.5 cm³/mol. The summed E-state index contributed by atoms with van der Waals surface area (Å²) in [6.45, 7) is 7.69. The van der Waals surface area contributed by atoms with Crippen LogP contribution >= 0.6 is 11.8 Å². The molecule has 2 nitrogen and oxygen atoms in total. The molecule has 100 valence electrons. The molecule has 0 atom stereocenters. The van der Waals surface area contributed by atoms with Crippen molar-refractivity contribution in [2.24, 2.45) is 0 Å². The number of pyridine rings is 1. The lowest BCUT2D eigenvalue weighted by molar-refractivity contribution is 0.379. The molecule has 1 aromatic heterocycles. The van der Waals surface area contributed by atoms with E-state index < -0.39 is 0 Å². The molecule has 1 aliphatic rings. The molecule has 0 aliphatic heterocycles. The maximum atomic E-state index is 4.52. The summed E-state index contributed by atoms with van der Waals surface area (Å²) in [7, 11) is 0. The molecule has 0 radical (unpaired) electrons. The van der Waals surface area contributed by atoms with Crippen LogP contribution in [0.25, 0.3) is 0 Å². The molecule has 0 saturated heterocycles. The third-order valence-electron chi connectivity index (χ3n) is 3.92. The fraction of sp³-hybridized carbons (Fsp3) is 0.667. The Kier molecular flexibility index (Phi) is 3.90. The van der Waals surface area contributed by atoms with E-state index in [0.717, 1.165) is 12.4 Å². The maximum Gasteiger partial charge on any atom is 0.125 e. The Balaban J connectivity index is 1.94. The molecule has 1 N–H and O–H groups in total. The van der Waals surface area contributed by atoms with E-state index in [1.54, 1.807) is 0 Å². The zero-order valence-electron chi connectivity index (χ0n) is 11.9. The van der Waals surface area contributed by atoms with Gasteiger partial charge in [-0.3, -0.25) is 0 Å². The van der Waals surface area contributed by atoms with Crippen LogP contribution in [0.15, 0.2) is 18.3 Å². The molecular weight excluding hydrogens is 240 g/mol. The van der Waals surface area contributed by atoms with Gasteiger partial charge < -0.3 is 5.32 Å². The van der Waals surface area contributed by atoms with E-state index in [0.29, 0.717) is 4.75 Å². The van der Waals surface area contributed by atoms with Crippen molar-refractivity contribution in [3.63, 3.8) is 0 Å². The van der Waals surface area contributed by atoms with Gasteiger partial charge in [-0.1, -0.05) is 33.3 Å². The normalized spacial score (nSPS) is 18.2. The second kappa shape index (κ2) is 5.12. The van der Waals surface area contributed by atoms with Gasteiger partial charge in [0.1, 0.15) is 5.82 Å². The van der Waals surface area contributed by atoms with Gasteiger partial charge in [-0.2, -0.15) is 11.8 Å². The van der Waals surface area contributed by atoms with Gasteiger partial charge in [-0.15, -0.1) is 0 Å². The minimum atomic E-state index is 0.181. The Morgan fingerprint density at radius 2 is 2.06 bits per heavy atom. The quantitative estimate of drug-likeness (QED) is 0.887. The summed E-state index contributed by atoms with van der Waals surface area (Å²) >= 11 is 2.00. The van der Waals surface area contributed by atoms with E-state index in [1.165, 1.54) is 24.8 Å². The molecule has 1 heterocycles. The molecule has 1 fully saturated rings. The maximum absolute atomic E-state index is 4.52. The van der Waals surface area contributed by atoms with Gasteiger partial charge in [0.25, 0.3) is 0 Å². The fourth-order valence-corrected chi connectivity index (χ4v) is 3.13. The Labute approximate surface area is 115 Å². The third-order valence-corrected chi connectivity index (χ3v) is 5.34. The first-order valence-electron chi connectivity index (χ1n) is 6.71. The predicted octanol–water partition coefficient (Wildman–Crippen LogP) is 4.08. The van der Waals surface area contributed by atoms with Crippen molar-refractivity contribution in [3.8, 4) is 0 Å². The zero-order chi connectivity index (χ0) is 13.2. The van der Waals surface area contributed by atoms with Crippen LogP contribution in [-0.4, -0.2) is 22.5 Å². The number of nitrogens with one attached hydrogen (secondary N) is 1. The largest absolute Gasteiger partial charge is 0.369 e. The lowest BCUT2D eigenvalue weighted by Crippen LogP contribution is -2.40. The molecule has 0 spiro atoms. The summed E-state index contributed by atoms with van der Waals surface area (Å²) in [6, 6.07) is 4.29. The summed E-state index contributed by atoms with van der Waals surface area (Å²) in [4.78, 5) is 4.52. The van der Waals surface area contributed by atoms with Gasteiger partial charge in [0.05, 0.1) is 0 Å². The lowest BCUT2D eigenvalue weighted by atomic mass is 9.84. The first-order chi connectivity index (χ1) is 8.45. The second-order valence-corrected chi connectivity index (χ2v) is 7.55. The van der Waals surface area contributed by atoms with Gasteiger partial charge in [-0.05, 0) is 36.1 Å². The Hall–Kier alpha value is -0.700. The van der Waals surface area contributed by atoms with E-state index in [2.05, 4.69) is 49.5 Å². The van der Waals surface area contributed by atoms with Crippen LogP contribution in [0.5, 0.6) is 0 Å². The van der Waals surface area contributed by atoms with E-state index in [9.17, 15) is 0 Å². The molecule has 1 saturated carbocycles. The smallest absolute Gasteiger partial charge is 0.125 e. The van der Waals surface area contributed by atoms with Crippen molar-refractivity contribution in [1.29, 1.82) is 0 Å². The van der Waals surface area contributed by atoms with Crippen molar-refractivity contribution < 1.29 is 0 Å². The monoisotopic (exact) mass is 264 g/mol. The van der Waals surface area contributed by atoms with Crippen molar-refractivity contribution >= 4 is 17.6 Å². The highest BCUT2D eigenvalue weighted by atomic mass is 32.2. The van der Waals surface area contributed by atoms with Crippen LogP contribution in [0, 0.1) is 0 Å². The standard InChI is InChI=1S/C15H24N2S/c1-14(2,3)12-6-7-13(16-10-12)17-11-15(18-4)8-5-9-15/h6-7,10H,5,8-9,11H2,1-4H3,(H,16,17). The molecule has 2 rings (SSSR count). The van der Waals surface area contributed by atoms with Crippen molar-refractivity contribution in [2.45, 2.75) is 50.2 Å². The SMILES string of the molecule is CSC1(CNc2ccc(C(C)(C)C)cn2)CCC1. The second-order valence-electron chi connectivity index (χ2n) is 6.28. The number of hydrogen-bond acceptors (Lipinski definition) is 3. The van der Waals surface area contributed by atoms with Gasteiger partial charge in [0, 0.05) is 17.5 Å². The number of aromatic nitrogens is 1. The Morgan fingerprint density at radius 3 is 2.44 bits per heavy atom. The van der Waals surface area contributed by atoms with Gasteiger partial charge in [0.2, 0.25) is 0 Å². The van der Waals surface area contributed by atoms with Gasteiger partial charge in [-0.25, -0.2) is 4.98 Å². The summed E-state index contributed by atoms with van der Waals surface area (Å²) in [5, 5.41) is 3.49.